The Morgan fingerprint density at radius 2 is 1.63 bits per heavy atom. The number of carbonyl (C=O) groups is 2. The van der Waals surface area contributed by atoms with Gasteiger partial charge < -0.3 is 15.0 Å². The summed E-state index contributed by atoms with van der Waals surface area (Å²) in [5, 5.41) is 22.6. The Kier molecular flexibility index (Phi) is 10.5. The topological polar surface area (TPSA) is 184 Å². The van der Waals surface area contributed by atoms with Crippen LogP contribution in [0, 0.1) is 32.1 Å². The number of sulfonamides is 1. The zero-order valence-electron chi connectivity index (χ0n) is 32.1. The summed E-state index contributed by atoms with van der Waals surface area (Å²) in [6, 6.07) is 26.4. The van der Waals surface area contributed by atoms with Gasteiger partial charge in [0.2, 0.25) is 0 Å². The van der Waals surface area contributed by atoms with Crippen LogP contribution in [0.4, 0.5) is 5.69 Å². The number of hydrogen-bond donors (Lipinski definition) is 3. The number of aromatic amines is 1. The summed E-state index contributed by atoms with van der Waals surface area (Å²) < 4.78 is 36.8. The van der Waals surface area contributed by atoms with Crippen LogP contribution >= 0.6 is 27.3 Å². The van der Waals surface area contributed by atoms with Crippen LogP contribution in [0.1, 0.15) is 67.2 Å². The lowest BCUT2D eigenvalue weighted by Crippen LogP contribution is -2.22. The zero-order chi connectivity index (χ0) is 41.6. The number of methoxy groups -OCH3 is 1. The van der Waals surface area contributed by atoms with Crippen molar-refractivity contribution in [2.45, 2.75) is 44.7 Å². The van der Waals surface area contributed by atoms with E-state index >= 15 is 0 Å². The first-order chi connectivity index (χ1) is 28.4. The van der Waals surface area contributed by atoms with E-state index in [0.717, 1.165) is 49.0 Å². The smallest absolute Gasteiger partial charge is 0.308 e. The van der Waals surface area contributed by atoms with E-state index in [4.69, 9.17) is 9.73 Å². The van der Waals surface area contributed by atoms with Crippen molar-refractivity contribution in [1.82, 2.24) is 25.1 Å². The van der Waals surface area contributed by atoms with Crippen LogP contribution < -0.4 is 10.0 Å². The third-order valence-corrected chi connectivity index (χ3v) is 13.5. The number of benzene rings is 4. The quantitative estimate of drug-likeness (QED) is 0.115. The van der Waals surface area contributed by atoms with Crippen molar-refractivity contribution in [2.24, 2.45) is 4.99 Å². The summed E-state index contributed by atoms with van der Waals surface area (Å²) in [4.78, 5) is 34.9. The molecule has 0 fully saturated rings. The molecule has 4 heterocycles. The molecule has 1 atom stereocenters. The number of aliphatic imine (C=N–C) groups is 1. The minimum absolute atomic E-state index is 0.0238. The first-order valence-electron chi connectivity index (χ1n) is 18.3. The lowest BCUT2D eigenvalue weighted by Gasteiger charge is -2.12. The van der Waals surface area contributed by atoms with E-state index in [9.17, 15) is 23.3 Å². The van der Waals surface area contributed by atoms with Crippen molar-refractivity contribution in [3.05, 3.63) is 146 Å². The number of thiophene rings is 1. The van der Waals surface area contributed by atoms with E-state index in [1.165, 1.54) is 25.4 Å². The molecule has 296 valence electrons. The SMILES string of the molecule is COC(=O)C[C@@H]1N=C(c2ccc(-c3ccc(C(=O)NCc4ccc(S(=O)(=O)Nc5ccc(Br)c6c(C#N)c[nH]c56)cc4)cc3)cc2)c2c(sc(C)c2C)-n2c(C)nnc21. The van der Waals surface area contributed by atoms with Crippen LogP contribution in [0.3, 0.4) is 0 Å². The highest BCUT2D eigenvalue weighted by molar-refractivity contribution is 9.10. The van der Waals surface area contributed by atoms with E-state index in [1.807, 2.05) is 47.9 Å². The Morgan fingerprint density at radius 3 is 2.31 bits per heavy atom. The minimum Gasteiger partial charge on any atom is -0.469 e. The van der Waals surface area contributed by atoms with E-state index < -0.39 is 16.1 Å². The maximum atomic E-state index is 13.3. The van der Waals surface area contributed by atoms with E-state index in [2.05, 4.69) is 61.1 Å². The van der Waals surface area contributed by atoms with Crippen LogP contribution in [0.2, 0.25) is 0 Å². The lowest BCUT2D eigenvalue weighted by molar-refractivity contribution is -0.141. The second-order valence-electron chi connectivity index (χ2n) is 13.9. The van der Waals surface area contributed by atoms with Gasteiger partial charge in [-0.25, -0.2) is 8.42 Å². The Balaban J connectivity index is 0.945. The number of fused-ring (bicyclic) bond motifs is 4. The van der Waals surface area contributed by atoms with Gasteiger partial charge >= 0.3 is 5.97 Å². The molecule has 1 aliphatic rings. The van der Waals surface area contributed by atoms with Crippen LogP contribution in [-0.2, 0) is 26.1 Å². The second-order valence-corrected chi connectivity index (χ2v) is 17.7. The predicted molar refractivity (Wildman–Crippen MR) is 229 cm³/mol. The fourth-order valence-electron chi connectivity index (χ4n) is 7.06. The van der Waals surface area contributed by atoms with Gasteiger partial charge in [0.05, 0.1) is 40.9 Å². The fraction of sp³-hybridized carbons (Fsp3) is 0.163. The fourth-order valence-corrected chi connectivity index (χ4v) is 9.89. The molecule has 3 N–H and O–H groups in total. The molecular weight excluding hydrogens is 853 g/mol. The average Bonchev–Trinajstić information content (AvgIpc) is 3.92. The van der Waals surface area contributed by atoms with E-state index in [0.29, 0.717) is 43.8 Å². The van der Waals surface area contributed by atoms with Gasteiger partial charge in [0, 0.05) is 44.2 Å². The third kappa shape index (κ3) is 7.44. The van der Waals surface area contributed by atoms with E-state index in [-0.39, 0.29) is 29.7 Å². The highest BCUT2D eigenvalue weighted by Gasteiger charge is 2.32. The molecule has 0 saturated heterocycles. The molecule has 0 unspecified atom stereocenters. The number of anilines is 1. The van der Waals surface area contributed by atoms with Crippen molar-refractivity contribution in [3.8, 4) is 22.2 Å². The van der Waals surface area contributed by atoms with Crippen LogP contribution in [-0.4, -0.2) is 52.9 Å². The maximum absolute atomic E-state index is 13.3. The zero-order valence-corrected chi connectivity index (χ0v) is 35.3. The number of aryl methyl sites for hydroxylation is 2. The summed E-state index contributed by atoms with van der Waals surface area (Å²) in [5.41, 5.74) is 7.98. The Bertz CT molecular complexity index is 2980. The summed E-state index contributed by atoms with van der Waals surface area (Å²) >= 11 is 5.07. The molecular formula is C43H35BrN8O5S2. The maximum Gasteiger partial charge on any atom is 0.308 e. The molecule has 3 aromatic heterocycles. The molecule has 1 aliphatic heterocycles. The van der Waals surface area contributed by atoms with Crippen molar-refractivity contribution in [2.75, 3.05) is 11.8 Å². The number of aromatic nitrogens is 4. The van der Waals surface area contributed by atoms with Crippen molar-refractivity contribution >= 4 is 71.5 Å². The Morgan fingerprint density at radius 1 is 0.949 bits per heavy atom. The number of nitrogens with zero attached hydrogens (tertiary/aromatic N) is 5. The number of esters is 1. The number of H-pyrrole nitrogens is 1. The third-order valence-electron chi connectivity index (χ3n) is 10.3. The number of amides is 1. The number of hydrogen-bond acceptors (Lipinski definition) is 10. The molecule has 16 heteroatoms. The normalized spacial score (nSPS) is 13.5. The molecule has 1 amide bonds. The molecule has 4 aromatic carbocycles. The minimum atomic E-state index is -3.95. The number of nitriles is 1. The molecule has 59 heavy (non-hydrogen) atoms. The molecule has 0 radical (unpaired) electrons. The van der Waals surface area contributed by atoms with Gasteiger partial charge in [-0.05, 0) is 79.4 Å². The van der Waals surface area contributed by atoms with Gasteiger partial charge in [-0.3, -0.25) is 23.9 Å². The van der Waals surface area contributed by atoms with E-state index in [1.54, 1.807) is 47.7 Å². The monoisotopic (exact) mass is 886 g/mol. The van der Waals surface area contributed by atoms with Crippen molar-refractivity contribution in [1.29, 1.82) is 5.26 Å². The van der Waals surface area contributed by atoms with Crippen LogP contribution in [0.15, 0.2) is 105 Å². The van der Waals surface area contributed by atoms with Crippen LogP contribution in [0.25, 0.3) is 27.0 Å². The number of carbonyl (C=O) groups excluding carboxylic acids is 2. The van der Waals surface area contributed by atoms with Gasteiger partial charge in [0.15, 0.2) is 5.82 Å². The second kappa shape index (κ2) is 15.7. The summed E-state index contributed by atoms with van der Waals surface area (Å²) in [7, 11) is -2.59. The molecule has 0 bridgehead atoms. The molecule has 13 nitrogen and oxygen atoms in total. The largest absolute Gasteiger partial charge is 0.469 e. The van der Waals surface area contributed by atoms with Gasteiger partial charge in [-0.15, -0.1) is 21.5 Å². The van der Waals surface area contributed by atoms with Gasteiger partial charge in [0.25, 0.3) is 15.9 Å². The summed E-state index contributed by atoms with van der Waals surface area (Å²) in [6.45, 7) is 6.24. The number of halogens is 1. The van der Waals surface area contributed by atoms with Gasteiger partial charge in [0.1, 0.15) is 22.9 Å². The number of nitrogens with one attached hydrogen (secondary N) is 3. The van der Waals surface area contributed by atoms with Gasteiger partial charge in [-0.1, -0.05) is 64.5 Å². The number of rotatable bonds is 10. The van der Waals surface area contributed by atoms with Crippen molar-refractivity contribution in [3.63, 3.8) is 0 Å². The number of ether oxygens (including phenoxy) is 1. The molecule has 0 aliphatic carbocycles. The van der Waals surface area contributed by atoms with Gasteiger partial charge in [-0.2, -0.15) is 5.26 Å². The summed E-state index contributed by atoms with van der Waals surface area (Å²) in [5.74, 6) is 0.645. The molecule has 7 aromatic rings. The molecule has 8 rings (SSSR count). The first kappa shape index (κ1) is 39.4. The summed E-state index contributed by atoms with van der Waals surface area (Å²) in [6.07, 6.45) is 1.55. The standard InChI is InChI=1S/C43H35BrN8O5S2/c1-23-24(2)58-43-37(23)39(48-35(19-36(53)57-4)41-50-49-25(3)52(41)43)29-11-7-27(8-12-29)28-9-13-30(14-10-28)42(54)47-21-26-5-15-32(16-6-26)59(55,56)51-34-18-17-33(44)38-31(20-45)22-46-40(34)38/h5-18,22,35,46,51H,19,21H2,1-4H3,(H,47,54)/t35-/m0/s1. The highest BCUT2D eigenvalue weighted by atomic mass is 79.9. The molecule has 0 spiro atoms. The highest BCUT2D eigenvalue weighted by Crippen LogP contribution is 2.40. The lowest BCUT2D eigenvalue weighted by atomic mass is 9.96. The first-order valence-corrected chi connectivity index (χ1v) is 21.4. The molecule has 0 saturated carbocycles. The predicted octanol–water partition coefficient (Wildman–Crippen LogP) is 8.22. The van der Waals surface area contributed by atoms with Crippen LogP contribution in [0.5, 0.6) is 0 Å². The van der Waals surface area contributed by atoms with Crippen molar-refractivity contribution < 1.29 is 22.7 Å². The Labute approximate surface area is 352 Å². The Hall–Kier alpha value is -6.41. The average molecular weight is 888 g/mol.